The SMILES string of the molecule is Cc1ccccc1S(OS(=O)(=O)C(F)(F)C(F)(F)C(F)(F)C(F)(F)F)(c1ccc(Sc2ccc(I(OS(=O)(=O)C(F)(F)C(F)(F)C(F)(F)C(F)(F)F)c3ccc(Sc4ccc(S(OS(=O)(=O)C(F)(F)C(F)(F)C(F)(F)C(F)(F)F)(c5ccccc5C)c5ccccc5C)cc4)cc3)cc2)cc1)c1ccccc1C. The predicted molar refractivity (Wildman–Crippen MR) is 348 cm³/mol. The molecule has 8 rings (SSSR count). The Morgan fingerprint density at radius 2 is 0.472 bits per heavy atom. The summed E-state index contributed by atoms with van der Waals surface area (Å²) in [5, 5.41) is -22.2. The van der Waals surface area contributed by atoms with Crippen molar-refractivity contribution in [2.24, 2.45) is 0 Å². The van der Waals surface area contributed by atoms with E-state index in [0.717, 1.165) is 146 Å². The molecule has 8 aromatic carbocycles. The van der Waals surface area contributed by atoms with Crippen LogP contribution in [-0.4, -0.2) is 95.1 Å². The third-order valence-electron chi connectivity index (χ3n) is 15.2. The van der Waals surface area contributed by atoms with E-state index < -0.39 is 178 Å². The standard InChI is InChI=1S/C64H44F27IO9S7/c1-37-13-5-9-17-49(37)104(50-18-10-6-14-38(50)2,100-107(95,96)63(88,89)57(73,74)54(67,68)60(80,81)82)47-33-29-45(30-34-47)102-43-25-21-41(22-26-43)92(99-106(93,94)62(86,87)56(71,72)53(65,66)59(77,78)79)42-23-27-44(28-24-42)103-46-31-35-48(36-32-46)105(51-19-11-7-15-39(51)3,52-20-12-8-16-40(52)4)101-108(97,98)64(90,91)58(75,76)55(69,70)61(83,84)85/h5-36H,1-4H3. The van der Waals surface area contributed by atoms with Crippen LogP contribution in [0.2, 0.25) is 0 Å². The summed E-state index contributed by atoms with van der Waals surface area (Å²) >= 11 is -3.84. The normalized spacial score (nSPS) is 14.8. The fourth-order valence-electron chi connectivity index (χ4n) is 9.62. The molecule has 592 valence electrons. The molecule has 0 bridgehead atoms. The van der Waals surface area contributed by atoms with Crippen LogP contribution in [0, 0.1) is 34.8 Å². The second kappa shape index (κ2) is 29.7. The number of hydrogen-bond acceptors (Lipinski definition) is 11. The number of alkyl halides is 27. The molecule has 0 heterocycles. The predicted octanol–water partition coefficient (Wildman–Crippen LogP) is 23.4. The summed E-state index contributed by atoms with van der Waals surface area (Å²) in [6.07, 6.45) is -22.5. The maximum atomic E-state index is 15.7. The summed E-state index contributed by atoms with van der Waals surface area (Å²) in [6.45, 7) is 4.86. The van der Waals surface area contributed by atoms with Crippen LogP contribution < -0.4 is 0 Å². The molecule has 108 heavy (non-hydrogen) atoms. The van der Waals surface area contributed by atoms with Crippen LogP contribution in [0.1, 0.15) is 22.3 Å². The van der Waals surface area contributed by atoms with Crippen LogP contribution in [0.25, 0.3) is 0 Å². The molecule has 9 nitrogen and oxygen atoms in total. The summed E-state index contributed by atoms with van der Waals surface area (Å²) in [5.74, 6) is -46.6. The van der Waals surface area contributed by atoms with E-state index >= 15 is 26.3 Å². The van der Waals surface area contributed by atoms with E-state index in [2.05, 4.69) is 2.51 Å². The second-order valence-electron chi connectivity index (χ2n) is 22.5. The molecule has 0 saturated carbocycles. The van der Waals surface area contributed by atoms with E-state index in [1.165, 1.54) is 76.2 Å². The van der Waals surface area contributed by atoms with Crippen LogP contribution in [0.4, 0.5) is 119 Å². The minimum absolute atomic E-state index is 0.0345. The molecule has 0 spiro atoms. The van der Waals surface area contributed by atoms with Gasteiger partial charge in [0, 0.05) is 0 Å². The number of halogens is 28. The molecule has 0 N–H and O–H groups in total. The van der Waals surface area contributed by atoms with Gasteiger partial charge in [-0.3, -0.25) is 0 Å². The first-order valence-electron chi connectivity index (χ1n) is 29.0. The van der Waals surface area contributed by atoms with E-state index in [-0.39, 0.29) is 41.8 Å². The Bertz CT molecular complexity index is 4610. The fourth-order valence-corrected chi connectivity index (χ4v) is 29.4. The Balaban J connectivity index is 1.19. The van der Waals surface area contributed by atoms with Gasteiger partial charge in [0.15, 0.2) is 0 Å². The van der Waals surface area contributed by atoms with Gasteiger partial charge in [0.1, 0.15) is 0 Å². The van der Waals surface area contributed by atoms with Crippen molar-refractivity contribution in [3.8, 4) is 0 Å². The van der Waals surface area contributed by atoms with Crippen LogP contribution in [0.3, 0.4) is 0 Å². The van der Waals surface area contributed by atoms with Gasteiger partial charge in [-0.2, -0.15) is 95.9 Å². The Kier molecular flexibility index (Phi) is 24.0. The Morgan fingerprint density at radius 1 is 0.269 bits per heavy atom. The van der Waals surface area contributed by atoms with E-state index in [9.17, 15) is 117 Å². The summed E-state index contributed by atoms with van der Waals surface area (Å²) in [4.78, 5) is -3.02. The van der Waals surface area contributed by atoms with Gasteiger partial charge in [-0.25, -0.2) is 0 Å². The van der Waals surface area contributed by atoms with Gasteiger partial charge >= 0.3 is 422 Å². The van der Waals surface area contributed by atoms with Gasteiger partial charge in [-0.15, -0.1) is 0 Å². The molecule has 0 atom stereocenters. The zero-order valence-electron chi connectivity index (χ0n) is 53.6. The zero-order chi connectivity index (χ0) is 81.5. The van der Waals surface area contributed by atoms with Crippen molar-refractivity contribution in [1.82, 2.24) is 0 Å². The molecular formula is C64H44F27IO9S7. The summed E-state index contributed by atoms with van der Waals surface area (Å²) in [7, 11) is -32.3. The molecule has 0 aromatic heterocycles. The number of aryl methyl sites for hydroxylation is 4. The molecule has 0 aliphatic carbocycles. The third-order valence-corrected chi connectivity index (χ3v) is 35.7. The zero-order valence-corrected chi connectivity index (χ0v) is 61.5. The van der Waals surface area contributed by atoms with Crippen LogP contribution in [0.15, 0.2) is 243 Å². The van der Waals surface area contributed by atoms with Crippen molar-refractivity contribution in [3.63, 3.8) is 0 Å². The van der Waals surface area contributed by atoms with Gasteiger partial charge in [0.05, 0.1) is 0 Å². The minimum atomic E-state index is -7.82. The van der Waals surface area contributed by atoms with Gasteiger partial charge < -0.3 is 0 Å². The Labute approximate surface area is 614 Å². The molecule has 0 aliphatic heterocycles. The molecule has 0 fully saturated rings. The van der Waals surface area contributed by atoms with Crippen molar-refractivity contribution in [3.05, 3.63) is 224 Å². The number of hydrogen-bond donors (Lipinski definition) is 0. The molecule has 0 unspecified atom stereocenters. The van der Waals surface area contributed by atoms with E-state index in [4.69, 9.17) is 7.26 Å². The average Bonchev–Trinajstić information content (AvgIpc) is 0.713. The molecule has 0 radical (unpaired) electrons. The minimum Gasteiger partial charge on any atom is -0.0619 e. The van der Waals surface area contributed by atoms with E-state index in [0.29, 0.717) is 23.5 Å². The first kappa shape index (κ1) is 87.3. The smallest absolute Gasteiger partial charge is 0.0619 e. The van der Waals surface area contributed by atoms with Crippen molar-refractivity contribution < 1.29 is 154 Å². The Morgan fingerprint density at radius 3 is 0.685 bits per heavy atom. The molecule has 0 saturated heterocycles. The average molecular weight is 1820 g/mol. The Hall–Kier alpha value is -6.27. The quantitative estimate of drug-likeness (QED) is 0.0360. The summed E-state index contributed by atoms with van der Waals surface area (Å²) in [6, 6.07) is 33.9. The summed E-state index contributed by atoms with van der Waals surface area (Å²) < 4.78 is 483. The van der Waals surface area contributed by atoms with Crippen LogP contribution in [-0.2, 0) is 40.1 Å². The van der Waals surface area contributed by atoms with Gasteiger partial charge in [0.25, 0.3) is 0 Å². The van der Waals surface area contributed by atoms with Crippen molar-refractivity contribution in [1.29, 1.82) is 0 Å². The fraction of sp³-hybridized carbons (Fsp3) is 0.250. The van der Waals surface area contributed by atoms with Crippen molar-refractivity contribution in [2.75, 3.05) is 0 Å². The molecular weight excluding hydrogens is 1780 g/mol. The van der Waals surface area contributed by atoms with Crippen molar-refractivity contribution >= 4 is 94.7 Å². The van der Waals surface area contributed by atoms with Gasteiger partial charge in [0.2, 0.25) is 0 Å². The second-order valence-corrected chi connectivity index (χ2v) is 40.2. The molecule has 44 heteroatoms. The van der Waals surface area contributed by atoms with E-state index in [1.54, 1.807) is 0 Å². The maximum absolute atomic E-state index is 15.7. The number of benzene rings is 8. The number of rotatable bonds is 27. The summed E-state index contributed by atoms with van der Waals surface area (Å²) in [5.41, 5.74) is -0.286. The first-order chi connectivity index (χ1) is 49.1. The van der Waals surface area contributed by atoms with Crippen LogP contribution >= 0.6 is 64.4 Å². The van der Waals surface area contributed by atoms with Crippen LogP contribution in [0.5, 0.6) is 0 Å². The van der Waals surface area contributed by atoms with E-state index in [1.807, 2.05) is 0 Å². The first-order valence-corrected chi connectivity index (χ1v) is 41.0. The molecule has 8 aromatic rings. The molecule has 0 amide bonds. The van der Waals surface area contributed by atoms with Gasteiger partial charge in [-0.1, -0.05) is 72.8 Å². The van der Waals surface area contributed by atoms with Gasteiger partial charge in [-0.05, 0) is 27.7 Å². The molecule has 0 aliphatic rings. The third kappa shape index (κ3) is 15.0. The monoisotopic (exact) mass is 1820 g/mol. The van der Waals surface area contributed by atoms with Crippen molar-refractivity contribution in [2.45, 2.75) is 146 Å². The topological polar surface area (TPSA) is 130 Å².